The van der Waals surface area contributed by atoms with Crippen molar-refractivity contribution in [3.8, 4) is 0 Å². The minimum absolute atomic E-state index is 0.0224. The molecule has 0 amide bonds. The average Bonchev–Trinajstić information content (AvgIpc) is 2.83. The molecular weight excluding hydrogens is 373 g/mol. The van der Waals surface area contributed by atoms with Gasteiger partial charge in [0.15, 0.2) is 5.78 Å². The minimum atomic E-state index is -0.636. The zero-order valence-corrected chi connectivity index (χ0v) is 12.3. The van der Waals surface area contributed by atoms with E-state index in [9.17, 15) is 9.59 Å². The molecule has 1 aromatic carbocycles. The monoisotopic (exact) mass is 381 g/mol. The van der Waals surface area contributed by atoms with Crippen LogP contribution in [-0.4, -0.2) is 20.5 Å². The van der Waals surface area contributed by atoms with Crippen molar-refractivity contribution in [2.45, 2.75) is 6.54 Å². The molecule has 2 heterocycles. The second-order valence-corrected chi connectivity index (χ2v) is 5.08. The van der Waals surface area contributed by atoms with Crippen LogP contribution in [0, 0.1) is 3.83 Å². The molecule has 6 nitrogen and oxygen atoms in total. The molecule has 0 saturated heterocycles. The quantitative estimate of drug-likeness (QED) is 0.393. The fraction of sp³-hybridized carbons (Fsp3) is 0.0769. The third-order valence-corrected chi connectivity index (χ3v) is 3.25. The van der Waals surface area contributed by atoms with Gasteiger partial charge >= 0.3 is 5.63 Å². The van der Waals surface area contributed by atoms with Gasteiger partial charge < -0.3 is 4.42 Å². The number of hydrogen-bond acceptors (Lipinski definition) is 5. The van der Waals surface area contributed by atoms with E-state index in [0.717, 1.165) is 0 Å². The van der Waals surface area contributed by atoms with E-state index in [1.165, 1.54) is 11.0 Å². The van der Waals surface area contributed by atoms with Crippen LogP contribution in [0.15, 0.2) is 45.9 Å². The number of ketones is 1. The summed E-state index contributed by atoms with van der Waals surface area (Å²) in [6.07, 6.45) is 1.45. The first kappa shape index (κ1) is 13.0. The normalized spacial score (nSPS) is 10.8. The largest absolute Gasteiger partial charge is 0.422 e. The first-order chi connectivity index (χ1) is 9.63. The van der Waals surface area contributed by atoms with Crippen molar-refractivity contribution in [3.63, 3.8) is 0 Å². The highest BCUT2D eigenvalue weighted by Crippen LogP contribution is 2.13. The third kappa shape index (κ3) is 2.48. The molecule has 3 aromatic rings. The van der Waals surface area contributed by atoms with Crippen LogP contribution in [0.1, 0.15) is 10.4 Å². The first-order valence-corrected chi connectivity index (χ1v) is 6.82. The van der Waals surface area contributed by atoms with Gasteiger partial charge in [-0.05, 0) is 12.1 Å². The maximum atomic E-state index is 12.1. The Balaban J connectivity index is 1.98. The van der Waals surface area contributed by atoms with E-state index in [1.807, 2.05) is 28.7 Å². The summed E-state index contributed by atoms with van der Waals surface area (Å²) in [6.45, 7) is -0.0426. The minimum Gasteiger partial charge on any atom is -0.422 e. The Hall–Kier alpha value is -2.03. The first-order valence-electron chi connectivity index (χ1n) is 5.74. The van der Waals surface area contributed by atoms with Crippen molar-refractivity contribution in [1.29, 1.82) is 0 Å². The second kappa shape index (κ2) is 5.16. The lowest BCUT2D eigenvalue weighted by molar-refractivity contribution is 0.0964. The molecule has 0 saturated carbocycles. The average molecular weight is 381 g/mol. The van der Waals surface area contributed by atoms with Crippen molar-refractivity contribution in [2.75, 3.05) is 0 Å². The van der Waals surface area contributed by atoms with Crippen LogP contribution in [0.4, 0.5) is 0 Å². The smallest absolute Gasteiger partial charge is 0.347 e. The van der Waals surface area contributed by atoms with Crippen molar-refractivity contribution in [2.24, 2.45) is 0 Å². The van der Waals surface area contributed by atoms with Crippen LogP contribution in [0.25, 0.3) is 11.0 Å². The Bertz CT molecular complexity index is 853. The van der Waals surface area contributed by atoms with Crippen LogP contribution in [0.3, 0.4) is 0 Å². The van der Waals surface area contributed by atoms with E-state index < -0.39 is 5.63 Å². The van der Waals surface area contributed by atoms with E-state index >= 15 is 0 Å². The fourth-order valence-electron chi connectivity index (χ4n) is 1.84. The van der Waals surface area contributed by atoms with Gasteiger partial charge in [0, 0.05) is 28.0 Å². The molecule has 2 aromatic heterocycles. The number of hydrogen-bond donors (Lipinski definition) is 0. The Labute approximate surface area is 126 Å². The van der Waals surface area contributed by atoms with Crippen LogP contribution < -0.4 is 5.63 Å². The van der Waals surface area contributed by atoms with Gasteiger partial charge in [-0.3, -0.25) is 4.79 Å². The zero-order chi connectivity index (χ0) is 14.1. The highest BCUT2D eigenvalue weighted by Gasteiger charge is 2.14. The van der Waals surface area contributed by atoms with Crippen molar-refractivity contribution >= 4 is 39.3 Å². The number of fused-ring (bicyclic) bond motifs is 1. The molecule has 0 unspecified atom stereocenters. The van der Waals surface area contributed by atoms with E-state index in [1.54, 1.807) is 24.3 Å². The number of carbonyl (C=O) groups excluding carboxylic acids is 1. The molecule has 100 valence electrons. The number of nitrogens with zero attached hydrogens (tertiary/aromatic N) is 3. The number of para-hydroxylation sites is 1. The maximum Gasteiger partial charge on any atom is 0.347 e. The Morgan fingerprint density at radius 1 is 1.35 bits per heavy atom. The molecule has 0 aliphatic heterocycles. The zero-order valence-electron chi connectivity index (χ0n) is 10.1. The summed E-state index contributed by atoms with van der Waals surface area (Å²) in [5.74, 6) is -0.356. The van der Waals surface area contributed by atoms with Gasteiger partial charge in [-0.15, -0.1) is 5.10 Å². The van der Waals surface area contributed by atoms with Gasteiger partial charge in [0.25, 0.3) is 0 Å². The summed E-state index contributed by atoms with van der Waals surface area (Å²) in [7, 11) is 0. The summed E-state index contributed by atoms with van der Waals surface area (Å²) in [5, 5.41) is 4.72. The molecule has 0 radical (unpaired) electrons. The van der Waals surface area contributed by atoms with Crippen molar-refractivity contribution < 1.29 is 9.21 Å². The summed E-state index contributed by atoms with van der Waals surface area (Å²) in [5.41, 5.74) is -0.151. The highest BCUT2D eigenvalue weighted by molar-refractivity contribution is 14.1. The highest BCUT2D eigenvalue weighted by atomic mass is 127. The van der Waals surface area contributed by atoms with Crippen LogP contribution >= 0.6 is 22.6 Å². The molecule has 0 atom stereocenters. The van der Waals surface area contributed by atoms with Crippen LogP contribution in [-0.2, 0) is 6.54 Å². The fourth-order valence-corrected chi connectivity index (χ4v) is 2.24. The Morgan fingerprint density at radius 3 is 2.90 bits per heavy atom. The van der Waals surface area contributed by atoms with Crippen LogP contribution in [0.2, 0.25) is 0 Å². The SMILES string of the molecule is O=C(Cn1cnc(I)n1)c1cc2ccccc2oc1=O. The van der Waals surface area contributed by atoms with Gasteiger partial charge in [0.2, 0.25) is 3.83 Å². The van der Waals surface area contributed by atoms with E-state index in [-0.39, 0.29) is 17.9 Å². The number of Topliss-reactive ketones (excluding diaryl/α,β-unsaturated/α-hetero) is 1. The van der Waals surface area contributed by atoms with Crippen molar-refractivity contribution in [3.05, 3.63) is 56.5 Å². The van der Waals surface area contributed by atoms with E-state index in [2.05, 4.69) is 10.1 Å². The van der Waals surface area contributed by atoms with Crippen LogP contribution in [0.5, 0.6) is 0 Å². The molecule has 0 aliphatic rings. The predicted molar refractivity (Wildman–Crippen MR) is 79.6 cm³/mol. The number of carbonyl (C=O) groups is 1. The summed E-state index contributed by atoms with van der Waals surface area (Å²) in [6, 6.07) is 8.60. The molecule has 0 N–H and O–H groups in total. The lowest BCUT2D eigenvalue weighted by Crippen LogP contribution is -2.19. The van der Waals surface area contributed by atoms with Gasteiger partial charge in [0.1, 0.15) is 24.0 Å². The topological polar surface area (TPSA) is 78.0 Å². The molecule has 0 aliphatic carbocycles. The van der Waals surface area contributed by atoms with Gasteiger partial charge in [-0.1, -0.05) is 18.2 Å². The van der Waals surface area contributed by atoms with E-state index in [0.29, 0.717) is 14.8 Å². The number of benzene rings is 1. The van der Waals surface area contributed by atoms with Crippen molar-refractivity contribution in [1.82, 2.24) is 14.8 Å². The Morgan fingerprint density at radius 2 is 2.15 bits per heavy atom. The van der Waals surface area contributed by atoms with Gasteiger partial charge in [0.05, 0.1) is 0 Å². The predicted octanol–water partition coefficient (Wildman–Crippen LogP) is 1.87. The summed E-state index contributed by atoms with van der Waals surface area (Å²) >= 11 is 1.95. The van der Waals surface area contributed by atoms with E-state index in [4.69, 9.17) is 4.42 Å². The Kier molecular flexibility index (Phi) is 3.35. The third-order valence-electron chi connectivity index (χ3n) is 2.76. The molecule has 20 heavy (non-hydrogen) atoms. The maximum absolute atomic E-state index is 12.1. The molecule has 0 bridgehead atoms. The lowest BCUT2D eigenvalue weighted by Gasteiger charge is -2.01. The molecule has 3 rings (SSSR count). The molecule has 0 fully saturated rings. The number of aromatic nitrogens is 3. The molecule has 0 spiro atoms. The molecular formula is C13H8IN3O3. The van der Waals surface area contributed by atoms with Gasteiger partial charge in [-0.2, -0.15) is 0 Å². The summed E-state index contributed by atoms with van der Waals surface area (Å²) < 4.78 is 7.06. The second-order valence-electron chi connectivity index (χ2n) is 4.12. The summed E-state index contributed by atoms with van der Waals surface area (Å²) in [4.78, 5) is 27.9. The molecule has 7 heteroatoms. The standard InChI is InChI=1S/C13H8IN3O3/c14-13-15-7-17(16-13)6-10(18)9-5-8-3-1-2-4-11(8)20-12(9)19/h1-5,7H,6H2. The number of rotatable bonds is 3. The number of halogens is 1. The lowest BCUT2D eigenvalue weighted by atomic mass is 10.1. The van der Waals surface area contributed by atoms with Gasteiger partial charge in [-0.25, -0.2) is 14.5 Å².